The zero-order chi connectivity index (χ0) is 19.0. The second-order valence-corrected chi connectivity index (χ2v) is 7.92. The number of aliphatic hydroxyl groups is 1. The van der Waals surface area contributed by atoms with Crippen molar-refractivity contribution >= 4 is 17.7 Å². The van der Waals surface area contributed by atoms with Gasteiger partial charge in [-0.25, -0.2) is 0 Å². The van der Waals surface area contributed by atoms with Crippen molar-refractivity contribution in [3.05, 3.63) is 71.8 Å². The number of nitrogens with one attached hydrogen (secondary N) is 1. The third kappa shape index (κ3) is 5.58. The van der Waals surface area contributed by atoms with Gasteiger partial charge in [-0.2, -0.15) is 0 Å². The maximum absolute atomic E-state index is 12.3. The number of rotatable bonds is 8. The van der Waals surface area contributed by atoms with Gasteiger partial charge in [0.1, 0.15) is 5.60 Å². The van der Waals surface area contributed by atoms with Gasteiger partial charge in [-0.1, -0.05) is 60.7 Å². The summed E-state index contributed by atoms with van der Waals surface area (Å²) in [5.41, 5.74) is 0.998. The summed E-state index contributed by atoms with van der Waals surface area (Å²) < 4.78 is 5.45. The molecule has 2 aromatic carbocycles. The van der Waals surface area contributed by atoms with Crippen molar-refractivity contribution in [2.75, 3.05) is 25.5 Å². The summed E-state index contributed by atoms with van der Waals surface area (Å²) in [6, 6.07) is 19.8. The minimum absolute atomic E-state index is 0.0441. The van der Waals surface area contributed by atoms with Gasteiger partial charge in [0.05, 0.1) is 12.3 Å². The number of hydrogen-bond donors (Lipinski definition) is 2. The fourth-order valence-electron chi connectivity index (χ4n) is 3.50. The second-order valence-electron chi connectivity index (χ2n) is 6.93. The fraction of sp³-hybridized carbons (Fsp3) is 0.409. The van der Waals surface area contributed by atoms with Gasteiger partial charge in [-0.3, -0.25) is 4.79 Å². The molecule has 27 heavy (non-hydrogen) atoms. The van der Waals surface area contributed by atoms with Gasteiger partial charge in [0.25, 0.3) is 0 Å². The smallest absolute Gasteiger partial charge is 0.230 e. The normalized spacial score (nSPS) is 17.2. The van der Waals surface area contributed by atoms with E-state index in [1.54, 1.807) is 11.8 Å². The Morgan fingerprint density at radius 2 is 1.70 bits per heavy atom. The number of thioether (sulfide) groups is 1. The summed E-state index contributed by atoms with van der Waals surface area (Å²) >= 11 is 1.58. The molecule has 0 aromatic heterocycles. The molecular weight excluding hydrogens is 358 g/mol. The summed E-state index contributed by atoms with van der Waals surface area (Å²) in [5.74, 6) is 1.22. The van der Waals surface area contributed by atoms with E-state index in [4.69, 9.17) is 4.74 Å². The van der Waals surface area contributed by atoms with Crippen molar-refractivity contribution in [1.29, 1.82) is 0 Å². The lowest BCUT2D eigenvalue weighted by Gasteiger charge is -2.39. The maximum Gasteiger partial charge on any atom is 0.230 e. The van der Waals surface area contributed by atoms with Crippen LogP contribution in [0.15, 0.2) is 60.7 Å². The number of amides is 1. The van der Waals surface area contributed by atoms with Crippen molar-refractivity contribution in [3.8, 4) is 0 Å². The van der Waals surface area contributed by atoms with Crippen molar-refractivity contribution in [1.82, 2.24) is 5.32 Å². The number of carbonyl (C=O) groups excluding carboxylic acids is 1. The van der Waals surface area contributed by atoms with Crippen LogP contribution in [0.25, 0.3) is 0 Å². The Bertz CT molecular complexity index is 704. The molecule has 0 radical (unpaired) electrons. The van der Waals surface area contributed by atoms with E-state index >= 15 is 0 Å². The van der Waals surface area contributed by atoms with Crippen LogP contribution in [0.2, 0.25) is 0 Å². The lowest BCUT2D eigenvalue weighted by Crippen LogP contribution is -2.48. The highest BCUT2D eigenvalue weighted by molar-refractivity contribution is 7.99. The lowest BCUT2D eigenvalue weighted by atomic mass is 9.77. The highest BCUT2D eigenvalue weighted by atomic mass is 32.2. The fourth-order valence-corrected chi connectivity index (χ4v) is 4.32. The first-order valence-corrected chi connectivity index (χ1v) is 10.6. The molecule has 0 spiro atoms. The summed E-state index contributed by atoms with van der Waals surface area (Å²) in [6.45, 7) is 1.54. The van der Waals surface area contributed by atoms with Crippen LogP contribution >= 0.6 is 11.8 Å². The van der Waals surface area contributed by atoms with Gasteiger partial charge in [0.2, 0.25) is 5.91 Å². The van der Waals surface area contributed by atoms with E-state index in [1.165, 1.54) is 5.56 Å². The molecule has 1 aliphatic heterocycles. The molecule has 0 saturated carbocycles. The molecule has 4 nitrogen and oxygen atoms in total. The predicted octanol–water partition coefficient (Wildman–Crippen LogP) is 3.35. The first-order chi connectivity index (χ1) is 13.2. The van der Waals surface area contributed by atoms with Gasteiger partial charge in [-0.05, 0) is 29.9 Å². The standard InChI is InChI=1S/C22H27NO3S/c24-21(16-27-15-18-7-3-1-4-8-18)23-17-22(25,19-9-5-2-6-10-19)20-11-13-26-14-12-20/h1-10,20,25H,11-17H2,(H,23,24). The Kier molecular flexibility index (Phi) is 7.33. The molecule has 1 unspecified atom stereocenters. The van der Waals surface area contributed by atoms with Crippen molar-refractivity contribution in [2.45, 2.75) is 24.2 Å². The van der Waals surface area contributed by atoms with Crippen LogP contribution in [0.3, 0.4) is 0 Å². The average Bonchev–Trinajstić information content (AvgIpc) is 2.74. The highest BCUT2D eigenvalue weighted by Gasteiger charge is 2.39. The van der Waals surface area contributed by atoms with Crippen molar-refractivity contribution in [2.24, 2.45) is 5.92 Å². The Balaban J connectivity index is 1.56. The van der Waals surface area contributed by atoms with Crippen LogP contribution in [0.5, 0.6) is 0 Å². The monoisotopic (exact) mass is 385 g/mol. The van der Waals surface area contributed by atoms with E-state index in [1.807, 2.05) is 48.5 Å². The number of ether oxygens (including phenoxy) is 1. The number of hydrogen-bond acceptors (Lipinski definition) is 4. The molecular formula is C22H27NO3S. The van der Waals surface area contributed by atoms with E-state index < -0.39 is 5.60 Å². The van der Waals surface area contributed by atoms with Gasteiger partial charge < -0.3 is 15.2 Å². The Hall–Kier alpha value is -1.82. The minimum Gasteiger partial charge on any atom is -0.383 e. The second kappa shape index (κ2) is 9.93. The minimum atomic E-state index is -1.06. The first kappa shape index (κ1) is 19.9. The van der Waals surface area contributed by atoms with Crippen LogP contribution in [0, 0.1) is 5.92 Å². The van der Waals surface area contributed by atoms with Crippen molar-refractivity contribution < 1.29 is 14.6 Å². The summed E-state index contributed by atoms with van der Waals surface area (Å²) in [7, 11) is 0. The van der Waals surface area contributed by atoms with Crippen LogP contribution < -0.4 is 5.32 Å². The highest BCUT2D eigenvalue weighted by Crippen LogP contribution is 2.35. The van der Waals surface area contributed by atoms with E-state index in [2.05, 4.69) is 17.4 Å². The largest absolute Gasteiger partial charge is 0.383 e. The van der Waals surface area contributed by atoms with Gasteiger partial charge >= 0.3 is 0 Å². The zero-order valence-electron chi connectivity index (χ0n) is 15.5. The predicted molar refractivity (Wildman–Crippen MR) is 109 cm³/mol. The Morgan fingerprint density at radius 1 is 1.07 bits per heavy atom. The number of carbonyl (C=O) groups is 1. The first-order valence-electron chi connectivity index (χ1n) is 9.42. The molecule has 144 valence electrons. The molecule has 0 bridgehead atoms. The molecule has 2 aromatic rings. The summed E-state index contributed by atoms with van der Waals surface area (Å²) in [4.78, 5) is 12.3. The summed E-state index contributed by atoms with van der Waals surface area (Å²) in [5, 5.41) is 14.4. The number of benzene rings is 2. The van der Waals surface area contributed by atoms with Crippen LogP contribution in [0.1, 0.15) is 24.0 Å². The van der Waals surface area contributed by atoms with Crippen LogP contribution in [0.4, 0.5) is 0 Å². The van der Waals surface area contributed by atoms with Crippen LogP contribution in [-0.2, 0) is 20.9 Å². The van der Waals surface area contributed by atoms with E-state index in [0.29, 0.717) is 19.0 Å². The van der Waals surface area contributed by atoms with E-state index in [0.717, 1.165) is 24.2 Å². The van der Waals surface area contributed by atoms with Gasteiger partial charge in [-0.15, -0.1) is 11.8 Å². The molecule has 1 aliphatic rings. The summed E-state index contributed by atoms with van der Waals surface area (Å²) in [6.07, 6.45) is 1.59. The molecule has 2 N–H and O–H groups in total. The van der Waals surface area contributed by atoms with Gasteiger partial charge in [0.15, 0.2) is 0 Å². The van der Waals surface area contributed by atoms with Gasteiger partial charge in [0, 0.05) is 19.0 Å². The van der Waals surface area contributed by atoms with E-state index in [9.17, 15) is 9.90 Å². The molecule has 1 heterocycles. The molecule has 1 atom stereocenters. The topological polar surface area (TPSA) is 58.6 Å². The third-order valence-corrected chi connectivity index (χ3v) is 6.07. The molecule has 1 fully saturated rings. The molecule has 5 heteroatoms. The van der Waals surface area contributed by atoms with E-state index in [-0.39, 0.29) is 18.4 Å². The zero-order valence-corrected chi connectivity index (χ0v) is 16.3. The molecule has 1 amide bonds. The average molecular weight is 386 g/mol. The molecule has 3 rings (SSSR count). The molecule has 0 aliphatic carbocycles. The lowest BCUT2D eigenvalue weighted by molar-refractivity contribution is -0.121. The molecule has 1 saturated heterocycles. The maximum atomic E-state index is 12.3. The SMILES string of the molecule is O=C(CSCc1ccccc1)NCC(O)(c1ccccc1)C1CCOCC1. The Morgan fingerprint density at radius 3 is 2.37 bits per heavy atom. The third-order valence-electron chi connectivity index (χ3n) is 5.07. The quantitative estimate of drug-likeness (QED) is 0.732. The van der Waals surface area contributed by atoms with Crippen LogP contribution in [-0.4, -0.2) is 36.5 Å². The van der Waals surface area contributed by atoms with Crippen molar-refractivity contribution in [3.63, 3.8) is 0 Å². The Labute approximate surface area is 165 Å².